The molecule has 0 unspecified atom stereocenters. The molecule has 1 fully saturated rings. The highest BCUT2D eigenvalue weighted by molar-refractivity contribution is 6.31. The number of hydrogen-bond acceptors (Lipinski definition) is 4. The van der Waals surface area contributed by atoms with Gasteiger partial charge >= 0.3 is 0 Å². The van der Waals surface area contributed by atoms with Crippen LogP contribution in [0.5, 0.6) is 5.75 Å². The molecule has 0 aromatic heterocycles. The lowest BCUT2D eigenvalue weighted by molar-refractivity contribution is -0.384. The summed E-state index contributed by atoms with van der Waals surface area (Å²) in [5, 5.41) is 11.5. The van der Waals surface area contributed by atoms with Crippen molar-refractivity contribution in [3.8, 4) is 5.75 Å². The van der Waals surface area contributed by atoms with Gasteiger partial charge in [-0.2, -0.15) is 0 Å². The minimum atomic E-state index is -0.389. The Labute approximate surface area is 146 Å². The summed E-state index contributed by atoms with van der Waals surface area (Å²) in [5.41, 5.74) is 0.880. The van der Waals surface area contributed by atoms with Crippen LogP contribution in [0.2, 0.25) is 5.02 Å². The van der Waals surface area contributed by atoms with E-state index in [0.29, 0.717) is 11.6 Å². The van der Waals surface area contributed by atoms with Gasteiger partial charge in [0.05, 0.1) is 4.92 Å². The molecule has 24 heavy (non-hydrogen) atoms. The number of nitro groups is 1. The van der Waals surface area contributed by atoms with Gasteiger partial charge in [-0.25, -0.2) is 0 Å². The monoisotopic (exact) mass is 346 g/mol. The topological polar surface area (TPSA) is 55.6 Å². The lowest BCUT2D eigenvalue weighted by Gasteiger charge is -2.32. The highest BCUT2D eigenvalue weighted by Gasteiger charge is 2.21. The van der Waals surface area contributed by atoms with Crippen LogP contribution in [0.15, 0.2) is 48.5 Å². The predicted octanol–water partition coefficient (Wildman–Crippen LogP) is 4.29. The van der Waals surface area contributed by atoms with E-state index in [0.717, 1.165) is 37.2 Å². The number of benzene rings is 2. The maximum Gasteiger partial charge on any atom is 0.269 e. The van der Waals surface area contributed by atoms with Gasteiger partial charge in [0.2, 0.25) is 0 Å². The highest BCUT2D eigenvalue weighted by Crippen LogP contribution is 2.25. The average molecular weight is 347 g/mol. The van der Waals surface area contributed by atoms with Gasteiger partial charge in [-0.1, -0.05) is 29.8 Å². The van der Waals surface area contributed by atoms with Crippen molar-refractivity contribution in [1.82, 2.24) is 4.90 Å². The zero-order valence-corrected chi connectivity index (χ0v) is 14.0. The number of halogens is 1. The van der Waals surface area contributed by atoms with Crippen LogP contribution in [-0.4, -0.2) is 29.0 Å². The van der Waals surface area contributed by atoms with Crippen molar-refractivity contribution in [3.05, 3.63) is 69.2 Å². The molecule has 3 rings (SSSR count). The molecule has 0 atom stereocenters. The number of likely N-dealkylation sites (tertiary alicyclic amines) is 1. The van der Waals surface area contributed by atoms with Crippen LogP contribution in [-0.2, 0) is 6.54 Å². The van der Waals surface area contributed by atoms with Crippen molar-refractivity contribution in [2.75, 3.05) is 13.1 Å². The van der Waals surface area contributed by atoms with Gasteiger partial charge < -0.3 is 4.74 Å². The van der Waals surface area contributed by atoms with Gasteiger partial charge in [0, 0.05) is 36.8 Å². The first-order valence-electron chi connectivity index (χ1n) is 7.99. The van der Waals surface area contributed by atoms with Gasteiger partial charge in [-0.05, 0) is 36.6 Å². The molecule has 0 bridgehead atoms. The Balaban J connectivity index is 1.56. The predicted molar refractivity (Wildman–Crippen MR) is 93.5 cm³/mol. The molecule has 2 aromatic rings. The molecule has 0 saturated carbocycles. The van der Waals surface area contributed by atoms with E-state index in [4.69, 9.17) is 16.3 Å². The number of nitro benzene ring substituents is 1. The van der Waals surface area contributed by atoms with Gasteiger partial charge in [-0.3, -0.25) is 15.0 Å². The molecular weight excluding hydrogens is 328 g/mol. The standard InChI is InChI=1S/C18H19ClN2O3/c19-18-7-6-15(21(22)23)12-14(18)13-20-10-8-17(9-11-20)24-16-4-2-1-3-5-16/h1-7,12,17H,8-11,13H2. The minimum absolute atomic E-state index is 0.0803. The third-order valence-corrected chi connectivity index (χ3v) is 4.58. The first kappa shape index (κ1) is 16.7. The lowest BCUT2D eigenvalue weighted by atomic mass is 10.1. The third kappa shape index (κ3) is 4.24. The second-order valence-corrected chi connectivity index (χ2v) is 6.35. The SMILES string of the molecule is O=[N+]([O-])c1ccc(Cl)c(CN2CCC(Oc3ccccc3)CC2)c1. The molecule has 126 valence electrons. The van der Waals surface area contributed by atoms with E-state index < -0.39 is 0 Å². The summed E-state index contributed by atoms with van der Waals surface area (Å²) >= 11 is 6.18. The molecule has 5 nitrogen and oxygen atoms in total. The summed E-state index contributed by atoms with van der Waals surface area (Å²) in [5.74, 6) is 0.901. The molecular formula is C18H19ClN2O3. The normalized spacial score (nSPS) is 16.0. The van der Waals surface area contributed by atoms with Crippen molar-refractivity contribution >= 4 is 17.3 Å². The molecule has 6 heteroatoms. The van der Waals surface area contributed by atoms with Gasteiger partial charge in [-0.15, -0.1) is 0 Å². The molecule has 0 N–H and O–H groups in total. The smallest absolute Gasteiger partial charge is 0.269 e. The Kier molecular flexibility index (Phi) is 5.33. The maximum atomic E-state index is 10.9. The van der Waals surface area contributed by atoms with E-state index >= 15 is 0 Å². The van der Waals surface area contributed by atoms with E-state index in [1.54, 1.807) is 12.1 Å². The fourth-order valence-corrected chi connectivity index (χ4v) is 3.09. The van der Waals surface area contributed by atoms with E-state index in [1.807, 2.05) is 30.3 Å². The zero-order chi connectivity index (χ0) is 16.9. The quantitative estimate of drug-likeness (QED) is 0.598. The van der Waals surface area contributed by atoms with E-state index in [-0.39, 0.29) is 16.7 Å². The Hall–Kier alpha value is -2.11. The molecule has 1 heterocycles. The second-order valence-electron chi connectivity index (χ2n) is 5.94. The molecule has 2 aromatic carbocycles. The van der Waals surface area contributed by atoms with Crippen molar-refractivity contribution in [2.24, 2.45) is 0 Å². The first-order valence-corrected chi connectivity index (χ1v) is 8.36. The highest BCUT2D eigenvalue weighted by atomic mass is 35.5. The maximum absolute atomic E-state index is 10.9. The summed E-state index contributed by atoms with van der Waals surface area (Å²) in [6, 6.07) is 14.4. The van der Waals surface area contributed by atoms with E-state index in [9.17, 15) is 10.1 Å². The van der Waals surface area contributed by atoms with Crippen LogP contribution in [0.25, 0.3) is 0 Å². The van der Waals surface area contributed by atoms with E-state index in [1.165, 1.54) is 6.07 Å². The Bertz CT molecular complexity index is 701. The molecule has 0 aliphatic carbocycles. The Morgan fingerprint density at radius 2 is 1.88 bits per heavy atom. The van der Waals surface area contributed by atoms with Crippen LogP contribution in [0.1, 0.15) is 18.4 Å². The van der Waals surface area contributed by atoms with Crippen LogP contribution in [0, 0.1) is 10.1 Å². The number of non-ortho nitro benzene ring substituents is 1. The van der Waals surface area contributed by atoms with Crippen molar-refractivity contribution in [1.29, 1.82) is 0 Å². The lowest BCUT2D eigenvalue weighted by Crippen LogP contribution is -2.37. The summed E-state index contributed by atoms with van der Waals surface area (Å²) in [4.78, 5) is 12.8. The fraction of sp³-hybridized carbons (Fsp3) is 0.333. The van der Waals surface area contributed by atoms with Crippen LogP contribution >= 0.6 is 11.6 Å². The molecule has 1 aliphatic heterocycles. The zero-order valence-electron chi connectivity index (χ0n) is 13.2. The van der Waals surface area contributed by atoms with Crippen LogP contribution in [0.4, 0.5) is 5.69 Å². The molecule has 0 radical (unpaired) electrons. The number of ether oxygens (including phenoxy) is 1. The number of nitrogens with zero attached hydrogens (tertiary/aromatic N) is 2. The number of piperidine rings is 1. The Morgan fingerprint density at radius 3 is 2.54 bits per heavy atom. The number of rotatable bonds is 5. The van der Waals surface area contributed by atoms with Gasteiger partial charge in [0.15, 0.2) is 0 Å². The van der Waals surface area contributed by atoms with Gasteiger partial charge in [0.25, 0.3) is 5.69 Å². The average Bonchev–Trinajstić information content (AvgIpc) is 2.59. The first-order chi connectivity index (χ1) is 11.6. The van der Waals surface area contributed by atoms with Crippen molar-refractivity contribution in [2.45, 2.75) is 25.5 Å². The number of hydrogen-bond donors (Lipinski definition) is 0. The Morgan fingerprint density at radius 1 is 1.17 bits per heavy atom. The summed E-state index contributed by atoms with van der Waals surface area (Å²) in [6.07, 6.45) is 2.08. The van der Waals surface area contributed by atoms with Gasteiger partial charge in [0.1, 0.15) is 11.9 Å². The largest absolute Gasteiger partial charge is 0.490 e. The molecule has 1 saturated heterocycles. The molecule has 0 amide bonds. The summed E-state index contributed by atoms with van der Waals surface area (Å²) in [6.45, 7) is 2.39. The summed E-state index contributed by atoms with van der Waals surface area (Å²) < 4.78 is 5.99. The fourth-order valence-electron chi connectivity index (χ4n) is 2.91. The van der Waals surface area contributed by atoms with E-state index in [2.05, 4.69) is 4.90 Å². The van der Waals surface area contributed by atoms with Crippen molar-refractivity contribution in [3.63, 3.8) is 0 Å². The molecule has 0 spiro atoms. The van der Waals surface area contributed by atoms with Crippen LogP contribution < -0.4 is 4.74 Å². The third-order valence-electron chi connectivity index (χ3n) is 4.21. The summed E-state index contributed by atoms with van der Waals surface area (Å²) in [7, 11) is 0. The van der Waals surface area contributed by atoms with Crippen LogP contribution in [0.3, 0.4) is 0 Å². The second kappa shape index (κ2) is 7.64. The van der Waals surface area contributed by atoms with Crippen molar-refractivity contribution < 1.29 is 9.66 Å². The minimum Gasteiger partial charge on any atom is -0.490 e. The molecule has 1 aliphatic rings. The number of para-hydroxylation sites is 1.